The van der Waals surface area contributed by atoms with Gasteiger partial charge in [0.2, 0.25) is 0 Å². The summed E-state index contributed by atoms with van der Waals surface area (Å²) in [7, 11) is 0. The van der Waals surface area contributed by atoms with Gasteiger partial charge in [-0.3, -0.25) is 4.79 Å². The molecule has 0 amide bonds. The summed E-state index contributed by atoms with van der Waals surface area (Å²) in [5.74, 6) is 0.748. The Morgan fingerprint density at radius 2 is 2.56 bits per heavy atom. The first-order chi connectivity index (χ1) is 7.76. The van der Waals surface area contributed by atoms with Gasteiger partial charge in [-0.2, -0.15) is 5.26 Å². The second-order valence-electron chi connectivity index (χ2n) is 3.12. The predicted molar refractivity (Wildman–Crippen MR) is 63.3 cm³/mol. The fourth-order valence-electron chi connectivity index (χ4n) is 1.16. The normalized spacial score (nSPS) is 12.0. The average Bonchev–Trinajstić information content (AvgIpc) is 2.28. The van der Waals surface area contributed by atoms with E-state index < -0.39 is 0 Å². The molecule has 1 aromatic rings. The minimum atomic E-state index is -0.152. The van der Waals surface area contributed by atoms with Crippen molar-refractivity contribution in [3.8, 4) is 6.07 Å². The molecule has 6 heteroatoms. The summed E-state index contributed by atoms with van der Waals surface area (Å²) in [5, 5.41) is 12.5. The molecule has 1 aromatic heterocycles. The summed E-state index contributed by atoms with van der Waals surface area (Å²) in [6, 6.07) is 3.43. The number of thioether (sulfide) groups is 1. The van der Waals surface area contributed by atoms with Gasteiger partial charge in [0.05, 0.1) is 12.1 Å². The smallest absolute Gasteiger partial charge is 0.251 e. The summed E-state index contributed by atoms with van der Waals surface area (Å²) >= 11 is 1.45. The van der Waals surface area contributed by atoms with E-state index in [1.807, 2.05) is 6.92 Å². The molecule has 16 heavy (non-hydrogen) atoms. The van der Waals surface area contributed by atoms with E-state index in [0.717, 1.165) is 18.7 Å². The fourth-order valence-corrected chi connectivity index (χ4v) is 2.01. The first-order valence-corrected chi connectivity index (χ1v) is 6.06. The van der Waals surface area contributed by atoms with Gasteiger partial charge in [-0.25, -0.2) is 4.98 Å². The maximum absolute atomic E-state index is 11.0. The molecular weight excluding hydrogens is 224 g/mol. The van der Waals surface area contributed by atoms with Gasteiger partial charge in [0, 0.05) is 18.0 Å². The van der Waals surface area contributed by atoms with E-state index in [2.05, 4.69) is 21.4 Å². The van der Waals surface area contributed by atoms with Crippen LogP contribution in [0.4, 0.5) is 0 Å². The molecule has 0 spiro atoms. The van der Waals surface area contributed by atoms with Crippen molar-refractivity contribution in [1.29, 1.82) is 5.26 Å². The zero-order valence-corrected chi connectivity index (χ0v) is 9.88. The fraction of sp³-hybridized carbons (Fsp3) is 0.500. The average molecular weight is 238 g/mol. The SMILES string of the molecule is CCNC(C#N)CCSc1nccc(=O)[nH]1. The molecule has 0 aliphatic carbocycles. The van der Waals surface area contributed by atoms with Crippen molar-refractivity contribution in [2.75, 3.05) is 12.3 Å². The van der Waals surface area contributed by atoms with E-state index in [1.165, 1.54) is 24.0 Å². The second kappa shape index (κ2) is 7.04. The lowest BCUT2D eigenvalue weighted by atomic mass is 10.2. The van der Waals surface area contributed by atoms with Crippen molar-refractivity contribution in [2.24, 2.45) is 0 Å². The van der Waals surface area contributed by atoms with Crippen LogP contribution in [0.1, 0.15) is 13.3 Å². The largest absolute Gasteiger partial charge is 0.302 e. The minimum absolute atomic E-state index is 0.132. The van der Waals surface area contributed by atoms with Gasteiger partial charge in [0.15, 0.2) is 5.16 Å². The molecule has 0 aromatic carbocycles. The van der Waals surface area contributed by atoms with E-state index in [0.29, 0.717) is 5.16 Å². The maximum atomic E-state index is 11.0. The summed E-state index contributed by atoms with van der Waals surface area (Å²) in [4.78, 5) is 17.6. The summed E-state index contributed by atoms with van der Waals surface area (Å²) in [6.07, 6.45) is 2.21. The van der Waals surface area contributed by atoms with Crippen LogP contribution in [-0.2, 0) is 0 Å². The Kier molecular flexibility index (Phi) is 5.61. The molecule has 0 fully saturated rings. The van der Waals surface area contributed by atoms with Gasteiger partial charge >= 0.3 is 0 Å². The molecule has 0 aliphatic rings. The number of H-pyrrole nitrogens is 1. The van der Waals surface area contributed by atoms with Crippen molar-refractivity contribution in [3.05, 3.63) is 22.6 Å². The van der Waals surface area contributed by atoms with Crippen LogP contribution in [-0.4, -0.2) is 28.3 Å². The second-order valence-corrected chi connectivity index (χ2v) is 4.20. The predicted octanol–water partition coefficient (Wildman–Crippen LogP) is 0.754. The zero-order valence-electron chi connectivity index (χ0n) is 9.06. The summed E-state index contributed by atoms with van der Waals surface area (Å²) in [5.41, 5.74) is -0.152. The van der Waals surface area contributed by atoms with Gasteiger partial charge < -0.3 is 10.3 Å². The van der Waals surface area contributed by atoms with E-state index >= 15 is 0 Å². The van der Waals surface area contributed by atoms with Gasteiger partial charge in [-0.05, 0) is 13.0 Å². The van der Waals surface area contributed by atoms with Crippen LogP contribution in [0.3, 0.4) is 0 Å². The highest BCUT2D eigenvalue weighted by atomic mass is 32.2. The summed E-state index contributed by atoms with van der Waals surface area (Å²) < 4.78 is 0. The highest BCUT2D eigenvalue weighted by Crippen LogP contribution is 2.12. The molecule has 1 heterocycles. The monoisotopic (exact) mass is 238 g/mol. The van der Waals surface area contributed by atoms with Crippen molar-refractivity contribution in [2.45, 2.75) is 24.5 Å². The van der Waals surface area contributed by atoms with Crippen molar-refractivity contribution in [3.63, 3.8) is 0 Å². The molecule has 2 N–H and O–H groups in total. The lowest BCUT2D eigenvalue weighted by Gasteiger charge is -2.08. The van der Waals surface area contributed by atoms with Crippen LogP contribution in [0.15, 0.2) is 22.2 Å². The highest BCUT2D eigenvalue weighted by molar-refractivity contribution is 7.99. The Hall–Kier alpha value is -1.32. The molecule has 5 nitrogen and oxygen atoms in total. The lowest BCUT2D eigenvalue weighted by molar-refractivity contribution is 0.612. The Bertz CT molecular complexity index is 412. The van der Waals surface area contributed by atoms with Crippen LogP contribution < -0.4 is 10.9 Å². The van der Waals surface area contributed by atoms with E-state index in [1.54, 1.807) is 0 Å². The maximum Gasteiger partial charge on any atom is 0.251 e. The van der Waals surface area contributed by atoms with Crippen molar-refractivity contribution in [1.82, 2.24) is 15.3 Å². The van der Waals surface area contributed by atoms with Gasteiger partial charge in [0.1, 0.15) is 0 Å². The van der Waals surface area contributed by atoms with Gasteiger partial charge in [0.25, 0.3) is 5.56 Å². The van der Waals surface area contributed by atoms with Crippen LogP contribution in [0.5, 0.6) is 0 Å². The number of aromatic amines is 1. The van der Waals surface area contributed by atoms with Crippen LogP contribution in [0.25, 0.3) is 0 Å². The van der Waals surface area contributed by atoms with E-state index in [-0.39, 0.29) is 11.6 Å². The minimum Gasteiger partial charge on any atom is -0.302 e. The Morgan fingerprint density at radius 1 is 1.75 bits per heavy atom. The first kappa shape index (κ1) is 12.7. The number of aromatic nitrogens is 2. The first-order valence-electron chi connectivity index (χ1n) is 5.07. The molecular formula is C10H14N4OS. The Morgan fingerprint density at radius 3 is 3.19 bits per heavy atom. The zero-order chi connectivity index (χ0) is 11.8. The van der Waals surface area contributed by atoms with Crippen molar-refractivity contribution >= 4 is 11.8 Å². The molecule has 1 rings (SSSR count). The molecule has 0 radical (unpaired) electrons. The van der Waals surface area contributed by atoms with Crippen molar-refractivity contribution < 1.29 is 0 Å². The number of nitriles is 1. The van der Waals surface area contributed by atoms with Crippen LogP contribution in [0.2, 0.25) is 0 Å². The lowest BCUT2D eigenvalue weighted by Crippen LogP contribution is -2.27. The third-order valence-electron chi connectivity index (χ3n) is 1.90. The standard InChI is InChI=1S/C10H14N4OS/c1-2-12-8(7-11)4-6-16-10-13-5-3-9(15)14-10/h3,5,8,12H,2,4,6H2,1H3,(H,13,14,15). The van der Waals surface area contributed by atoms with Crippen LogP contribution in [0, 0.1) is 11.3 Å². The molecule has 1 unspecified atom stereocenters. The van der Waals surface area contributed by atoms with E-state index in [4.69, 9.17) is 5.26 Å². The number of nitrogens with zero attached hydrogens (tertiary/aromatic N) is 2. The number of hydrogen-bond acceptors (Lipinski definition) is 5. The van der Waals surface area contributed by atoms with Crippen LogP contribution >= 0.6 is 11.8 Å². The van der Waals surface area contributed by atoms with E-state index in [9.17, 15) is 4.79 Å². The molecule has 0 bridgehead atoms. The molecule has 0 saturated carbocycles. The topological polar surface area (TPSA) is 81.6 Å². The number of hydrogen-bond donors (Lipinski definition) is 2. The van der Waals surface area contributed by atoms with Gasteiger partial charge in [-0.15, -0.1) is 0 Å². The molecule has 0 saturated heterocycles. The molecule has 86 valence electrons. The number of rotatable bonds is 6. The van der Waals surface area contributed by atoms with Gasteiger partial charge in [-0.1, -0.05) is 18.7 Å². The molecule has 1 atom stereocenters. The third-order valence-corrected chi connectivity index (χ3v) is 2.82. The Labute approximate surface area is 98.3 Å². The molecule has 0 aliphatic heterocycles. The number of nitrogens with one attached hydrogen (secondary N) is 2. The quantitative estimate of drug-likeness (QED) is 0.564. The third kappa shape index (κ3) is 4.47. The highest BCUT2D eigenvalue weighted by Gasteiger charge is 2.05. The summed E-state index contributed by atoms with van der Waals surface area (Å²) in [6.45, 7) is 2.75. The Balaban J connectivity index is 2.35.